The molecule has 0 fully saturated rings. The highest BCUT2D eigenvalue weighted by Gasteiger charge is 2.11. The molecule has 4 heteroatoms. The van der Waals surface area contributed by atoms with Gasteiger partial charge in [0.25, 0.3) is 0 Å². The first-order valence-electron chi connectivity index (χ1n) is 6.29. The second-order valence-corrected chi connectivity index (χ2v) is 6.37. The zero-order valence-electron chi connectivity index (χ0n) is 11.2. The summed E-state index contributed by atoms with van der Waals surface area (Å²) >= 11 is 7.63. The van der Waals surface area contributed by atoms with Crippen molar-refractivity contribution in [1.82, 2.24) is 5.32 Å². The molecular weight excluding hydrogens is 269 g/mol. The van der Waals surface area contributed by atoms with Gasteiger partial charge in [0.15, 0.2) is 0 Å². The van der Waals surface area contributed by atoms with Gasteiger partial charge in [0, 0.05) is 17.0 Å². The Hall–Kier alpha value is -0.250. The van der Waals surface area contributed by atoms with Crippen molar-refractivity contribution in [3.05, 3.63) is 34.6 Å². The van der Waals surface area contributed by atoms with Crippen molar-refractivity contribution in [2.45, 2.75) is 38.0 Å². The number of hydrogen-bond donors (Lipinski definition) is 1. The molecule has 2 unspecified atom stereocenters. The summed E-state index contributed by atoms with van der Waals surface area (Å²) in [4.78, 5) is 0. The van der Waals surface area contributed by atoms with E-state index < -0.39 is 0 Å². The molecule has 0 aliphatic carbocycles. The van der Waals surface area contributed by atoms with Crippen LogP contribution in [0.2, 0.25) is 5.02 Å². The summed E-state index contributed by atoms with van der Waals surface area (Å²) in [5, 5.41) is 4.15. The molecule has 1 N–H and O–H groups in total. The van der Waals surface area contributed by atoms with Crippen molar-refractivity contribution in [2.24, 2.45) is 0 Å². The molecule has 1 aromatic carbocycles. The fraction of sp³-hybridized carbons (Fsp3) is 0.571. The minimum Gasteiger partial charge on any atom is -0.316 e. The molecule has 1 aromatic rings. The highest BCUT2D eigenvalue weighted by Crippen LogP contribution is 2.19. The Bertz CT molecular complexity index is 373. The SMILES string of the molecule is CCC(C)SCC(Cc1ccc(Cl)c(F)c1)NC. The van der Waals surface area contributed by atoms with Crippen LogP contribution in [0.1, 0.15) is 25.8 Å². The van der Waals surface area contributed by atoms with Crippen molar-refractivity contribution in [3.63, 3.8) is 0 Å². The van der Waals surface area contributed by atoms with Crippen molar-refractivity contribution >= 4 is 23.4 Å². The Morgan fingerprint density at radius 3 is 2.72 bits per heavy atom. The smallest absolute Gasteiger partial charge is 0.142 e. The lowest BCUT2D eigenvalue weighted by Gasteiger charge is -2.18. The highest BCUT2D eigenvalue weighted by molar-refractivity contribution is 7.99. The van der Waals surface area contributed by atoms with Gasteiger partial charge < -0.3 is 5.32 Å². The molecule has 0 saturated carbocycles. The molecule has 102 valence electrons. The predicted octanol–water partition coefficient (Wildman–Crippen LogP) is 4.14. The first-order valence-corrected chi connectivity index (χ1v) is 7.72. The highest BCUT2D eigenvalue weighted by atomic mass is 35.5. The molecule has 0 amide bonds. The van der Waals surface area contributed by atoms with Crippen LogP contribution >= 0.6 is 23.4 Å². The average Bonchev–Trinajstić information content (AvgIpc) is 2.38. The van der Waals surface area contributed by atoms with E-state index in [0.717, 1.165) is 17.7 Å². The molecule has 0 aliphatic heterocycles. The Balaban J connectivity index is 2.54. The van der Waals surface area contributed by atoms with E-state index >= 15 is 0 Å². The van der Waals surface area contributed by atoms with Crippen LogP contribution in [-0.4, -0.2) is 24.1 Å². The lowest BCUT2D eigenvalue weighted by atomic mass is 10.1. The van der Waals surface area contributed by atoms with Gasteiger partial charge in [-0.25, -0.2) is 4.39 Å². The van der Waals surface area contributed by atoms with Crippen LogP contribution in [0.15, 0.2) is 18.2 Å². The number of hydrogen-bond acceptors (Lipinski definition) is 2. The predicted molar refractivity (Wildman–Crippen MR) is 80.2 cm³/mol. The Morgan fingerprint density at radius 2 is 2.17 bits per heavy atom. The van der Waals surface area contributed by atoms with Crippen LogP contribution in [-0.2, 0) is 6.42 Å². The van der Waals surface area contributed by atoms with E-state index in [2.05, 4.69) is 19.2 Å². The van der Waals surface area contributed by atoms with Crippen LogP contribution < -0.4 is 5.32 Å². The molecular formula is C14H21ClFNS. The first-order chi connectivity index (χ1) is 8.56. The van der Waals surface area contributed by atoms with E-state index in [1.807, 2.05) is 24.9 Å². The topological polar surface area (TPSA) is 12.0 Å². The number of nitrogens with one attached hydrogen (secondary N) is 1. The molecule has 18 heavy (non-hydrogen) atoms. The van der Waals surface area contributed by atoms with Gasteiger partial charge in [0.2, 0.25) is 0 Å². The Morgan fingerprint density at radius 1 is 1.44 bits per heavy atom. The maximum Gasteiger partial charge on any atom is 0.142 e. The molecule has 0 heterocycles. The number of rotatable bonds is 7. The third-order valence-electron chi connectivity index (χ3n) is 3.03. The zero-order chi connectivity index (χ0) is 13.5. The first kappa shape index (κ1) is 15.8. The quantitative estimate of drug-likeness (QED) is 0.809. The van der Waals surface area contributed by atoms with Gasteiger partial charge in [-0.3, -0.25) is 0 Å². The van der Waals surface area contributed by atoms with Crippen LogP contribution in [0, 0.1) is 5.82 Å². The van der Waals surface area contributed by atoms with E-state index in [-0.39, 0.29) is 10.8 Å². The van der Waals surface area contributed by atoms with E-state index in [0.29, 0.717) is 11.3 Å². The second-order valence-electron chi connectivity index (χ2n) is 4.49. The molecule has 2 atom stereocenters. The monoisotopic (exact) mass is 289 g/mol. The lowest BCUT2D eigenvalue weighted by molar-refractivity contribution is 0.602. The maximum atomic E-state index is 13.3. The van der Waals surface area contributed by atoms with E-state index in [9.17, 15) is 4.39 Å². The molecule has 0 radical (unpaired) electrons. The summed E-state index contributed by atoms with van der Waals surface area (Å²) in [7, 11) is 1.95. The minimum atomic E-state index is -0.335. The summed E-state index contributed by atoms with van der Waals surface area (Å²) in [6.07, 6.45) is 2.00. The minimum absolute atomic E-state index is 0.189. The standard InChI is InChI=1S/C14H21ClFNS/c1-4-10(2)18-9-12(17-3)7-11-5-6-13(15)14(16)8-11/h5-6,8,10,12,17H,4,7,9H2,1-3H3. The molecule has 0 aliphatic rings. The lowest BCUT2D eigenvalue weighted by Crippen LogP contribution is -2.30. The Labute approximate surface area is 118 Å². The van der Waals surface area contributed by atoms with E-state index in [1.54, 1.807) is 6.07 Å². The van der Waals surface area contributed by atoms with Crippen molar-refractivity contribution in [3.8, 4) is 0 Å². The number of halogens is 2. The summed E-state index contributed by atoms with van der Waals surface area (Å²) in [6.45, 7) is 4.43. The number of thioether (sulfide) groups is 1. The molecule has 0 spiro atoms. The summed E-state index contributed by atoms with van der Waals surface area (Å²) in [5.74, 6) is 0.703. The van der Waals surface area contributed by atoms with Gasteiger partial charge in [-0.05, 0) is 37.6 Å². The van der Waals surface area contributed by atoms with Gasteiger partial charge in [-0.15, -0.1) is 0 Å². The molecule has 1 nitrogen and oxygen atoms in total. The van der Waals surface area contributed by atoms with Gasteiger partial charge in [-0.1, -0.05) is 31.5 Å². The molecule has 0 saturated heterocycles. The average molecular weight is 290 g/mol. The number of benzene rings is 1. The zero-order valence-corrected chi connectivity index (χ0v) is 12.7. The van der Waals surface area contributed by atoms with Gasteiger partial charge in [0.05, 0.1) is 5.02 Å². The van der Waals surface area contributed by atoms with Crippen molar-refractivity contribution in [1.29, 1.82) is 0 Å². The second kappa shape index (κ2) is 8.03. The fourth-order valence-corrected chi connectivity index (χ4v) is 2.79. The summed E-state index contributed by atoms with van der Waals surface area (Å²) in [5.41, 5.74) is 0.987. The van der Waals surface area contributed by atoms with Gasteiger partial charge in [-0.2, -0.15) is 11.8 Å². The molecule has 1 rings (SSSR count). The van der Waals surface area contributed by atoms with Crippen LogP contribution in [0.25, 0.3) is 0 Å². The third kappa shape index (κ3) is 5.17. The summed E-state index contributed by atoms with van der Waals surface area (Å²) < 4.78 is 13.3. The van der Waals surface area contributed by atoms with Crippen LogP contribution in [0.4, 0.5) is 4.39 Å². The van der Waals surface area contributed by atoms with E-state index in [4.69, 9.17) is 11.6 Å². The number of likely N-dealkylation sites (N-methyl/N-ethyl adjacent to an activating group) is 1. The maximum absolute atomic E-state index is 13.3. The van der Waals surface area contributed by atoms with Crippen molar-refractivity contribution in [2.75, 3.05) is 12.8 Å². The van der Waals surface area contributed by atoms with Crippen molar-refractivity contribution < 1.29 is 4.39 Å². The fourth-order valence-electron chi connectivity index (χ4n) is 1.59. The summed E-state index contributed by atoms with van der Waals surface area (Å²) in [6, 6.07) is 5.41. The molecule has 0 bridgehead atoms. The molecule has 0 aromatic heterocycles. The van der Waals surface area contributed by atoms with Crippen LogP contribution in [0.5, 0.6) is 0 Å². The van der Waals surface area contributed by atoms with Gasteiger partial charge in [0.1, 0.15) is 5.82 Å². The largest absolute Gasteiger partial charge is 0.316 e. The van der Waals surface area contributed by atoms with Gasteiger partial charge >= 0.3 is 0 Å². The Kier molecular flexibility index (Phi) is 7.05. The van der Waals surface area contributed by atoms with E-state index in [1.165, 1.54) is 12.5 Å². The third-order valence-corrected chi connectivity index (χ3v) is 4.83. The van der Waals surface area contributed by atoms with Crippen LogP contribution in [0.3, 0.4) is 0 Å². The normalized spacial score (nSPS) is 14.5.